The van der Waals surface area contributed by atoms with E-state index in [-0.39, 0.29) is 0 Å². The molecule has 0 radical (unpaired) electrons. The summed E-state index contributed by atoms with van der Waals surface area (Å²) in [5.74, 6) is 1.93. The molecule has 0 atom stereocenters. The van der Waals surface area contributed by atoms with Gasteiger partial charge in [0.25, 0.3) is 0 Å². The Bertz CT molecular complexity index is 543. The van der Waals surface area contributed by atoms with Crippen molar-refractivity contribution in [1.29, 1.82) is 0 Å². The lowest BCUT2D eigenvalue weighted by molar-refractivity contribution is 0.338. The molecule has 2 heterocycles. The Labute approximate surface area is 106 Å². The topological polar surface area (TPSA) is 29.9 Å². The fourth-order valence-electron chi connectivity index (χ4n) is 2.41. The summed E-state index contributed by atoms with van der Waals surface area (Å²) in [4.78, 5) is 4.72. The molecule has 0 unspecified atom stereocenters. The van der Waals surface area contributed by atoms with E-state index < -0.39 is 0 Å². The van der Waals surface area contributed by atoms with E-state index in [1.165, 1.54) is 11.3 Å². The van der Waals surface area contributed by atoms with Gasteiger partial charge in [-0.05, 0) is 44.1 Å². The maximum Gasteiger partial charge on any atom is 0.110 e. The smallest absolute Gasteiger partial charge is 0.110 e. The van der Waals surface area contributed by atoms with Crippen LogP contribution < -0.4 is 5.32 Å². The van der Waals surface area contributed by atoms with Gasteiger partial charge < -0.3 is 9.88 Å². The highest BCUT2D eigenvalue weighted by molar-refractivity contribution is 6.31. The average molecular weight is 250 g/mol. The van der Waals surface area contributed by atoms with Crippen LogP contribution >= 0.6 is 11.6 Å². The van der Waals surface area contributed by atoms with Gasteiger partial charge >= 0.3 is 0 Å². The van der Waals surface area contributed by atoms with Gasteiger partial charge in [0.2, 0.25) is 0 Å². The summed E-state index contributed by atoms with van der Waals surface area (Å²) >= 11 is 6.01. The molecule has 3 rings (SSSR count). The van der Waals surface area contributed by atoms with E-state index in [1.54, 1.807) is 0 Å². The number of halogens is 1. The van der Waals surface area contributed by atoms with Crippen LogP contribution in [0.2, 0.25) is 5.02 Å². The molecule has 3 nitrogen and oxygen atoms in total. The SMILES string of the molecule is CCn1c(CC2CNC2)nc2cc(Cl)ccc21. The number of nitrogens with zero attached hydrogens (tertiary/aromatic N) is 2. The number of rotatable bonds is 3. The summed E-state index contributed by atoms with van der Waals surface area (Å²) in [5.41, 5.74) is 2.21. The van der Waals surface area contributed by atoms with Crippen LogP contribution in [0.4, 0.5) is 0 Å². The van der Waals surface area contributed by atoms with E-state index in [0.29, 0.717) is 0 Å². The third-order valence-electron chi connectivity index (χ3n) is 3.44. The Kier molecular flexibility index (Phi) is 2.81. The summed E-state index contributed by atoms with van der Waals surface area (Å²) in [6.45, 7) is 5.37. The van der Waals surface area contributed by atoms with Gasteiger partial charge in [-0.3, -0.25) is 0 Å². The van der Waals surface area contributed by atoms with Crippen molar-refractivity contribution in [1.82, 2.24) is 14.9 Å². The highest BCUT2D eigenvalue weighted by atomic mass is 35.5. The molecular formula is C13H16ClN3. The van der Waals surface area contributed by atoms with Gasteiger partial charge in [-0.15, -0.1) is 0 Å². The Morgan fingerprint density at radius 2 is 2.29 bits per heavy atom. The molecular weight excluding hydrogens is 234 g/mol. The molecule has 1 aliphatic rings. The lowest BCUT2D eigenvalue weighted by Crippen LogP contribution is -2.43. The van der Waals surface area contributed by atoms with Gasteiger partial charge in [0.05, 0.1) is 11.0 Å². The van der Waals surface area contributed by atoms with Crippen LogP contribution in [0.15, 0.2) is 18.2 Å². The molecule has 1 aromatic heterocycles. The lowest BCUT2D eigenvalue weighted by atomic mass is 9.99. The normalized spacial score (nSPS) is 16.4. The predicted octanol–water partition coefficient (Wildman–Crippen LogP) is 2.47. The summed E-state index contributed by atoms with van der Waals surface area (Å²) in [6.07, 6.45) is 1.06. The van der Waals surface area contributed by atoms with Crippen molar-refractivity contribution in [2.75, 3.05) is 13.1 Å². The largest absolute Gasteiger partial charge is 0.328 e. The zero-order chi connectivity index (χ0) is 11.8. The van der Waals surface area contributed by atoms with E-state index in [1.807, 2.05) is 12.1 Å². The van der Waals surface area contributed by atoms with Crippen LogP contribution in [0.1, 0.15) is 12.7 Å². The van der Waals surface area contributed by atoms with E-state index in [9.17, 15) is 0 Å². The van der Waals surface area contributed by atoms with Crippen LogP contribution in [-0.4, -0.2) is 22.6 Å². The molecule has 2 aromatic rings. The molecule has 1 fully saturated rings. The summed E-state index contributed by atoms with van der Waals surface area (Å²) < 4.78 is 2.30. The van der Waals surface area contributed by atoms with E-state index in [4.69, 9.17) is 16.6 Å². The average Bonchev–Trinajstić information content (AvgIpc) is 2.59. The van der Waals surface area contributed by atoms with E-state index in [2.05, 4.69) is 22.9 Å². The second kappa shape index (κ2) is 4.31. The monoisotopic (exact) mass is 249 g/mol. The molecule has 1 N–H and O–H groups in total. The van der Waals surface area contributed by atoms with Crippen molar-refractivity contribution >= 4 is 22.6 Å². The molecule has 1 aliphatic heterocycles. The van der Waals surface area contributed by atoms with Gasteiger partial charge in [-0.25, -0.2) is 4.98 Å². The lowest BCUT2D eigenvalue weighted by Gasteiger charge is -2.26. The molecule has 1 aromatic carbocycles. The highest BCUT2D eigenvalue weighted by Gasteiger charge is 2.20. The van der Waals surface area contributed by atoms with Gasteiger partial charge in [-0.1, -0.05) is 11.6 Å². The van der Waals surface area contributed by atoms with Crippen molar-refractivity contribution in [3.8, 4) is 0 Å². The zero-order valence-electron chi connectivity index (χ0n) is 9.91. The molecule has 0 aliphatic carbocycles. The van der Waals surface area contributed by atoms with Gasteiger partial charge in [0.15, 0.2) is 0 Å². The number of aromatic nitrogens is 2. The highest BCUT2D eigenvalue weighted by Crippen LogP contribution is 2.22. The third-order valence-corrected chi connectivity index (χ3v) is 3.68. The molecule has 17 heavy (non-hydrogen) atoms. The molecule has 0 saturated carbocycles. The summed E-state index contributed by atoms with van der Waals surface area (Å²) in [7, 11) is 0. The second-order valence-corrected chi connectivity index (χ2v) is 5.07. The van der Waals surface area contributed by atoms with Crippen molar-refractivity contribution in [3.05, 3.63) is 29.0 Å². The molecule has 0 spiro atoms. The first-order valence-electron chi connectivity index (χ1n) is 6.13. The Morgan fingerprint density at radius 1 is 1.47 bits per heavy atom. The number of hydrogen-bond donors (Lipinski definition) is 1. The minimum absolute atomic E-state index is 0.743. The number of hydrogen-bond acceptors (Lipinski definition) is 2. The van der Waals surface area contributed by atoms with Crippen LogP contribution in [0.3, 0.4) is 0 Å². The first-order chi connectivity index (χ1) is 8.28. The number of fused-ring (bicyclic) bond motifs is 1. The Morgan fingerprint density at radius 3 is 2.94 bits per heavy atom. The van der Waals surface area contributed by atoms with Crippen molar-refractivity contribution < 1.29 is 0 Å². The molecule has 90 valence electrons. The molecule has 0 bridgehead atoms. The first-order valence-corrected chi connectivity index (χ1v) is 6.51. The number of aryl methyl sites for hydroxylation is 1. The Hall–Kier alpha value is -1.06. The fourth-order valence-corrected chi connectivity index (χ4v) is 2.58. The Balaban J connectivity index is 2.03. The maximum absolute atomic E-state index is 6.01. The van der Waals surface area contributed by atoms with Crippen LogP contribution in [0.25, 0.3) is 11.0 Å². The standard InChI is InChI=1S/C13H16ClN3/c1-2-17-12-4-3-10(14)6-11(12)16-13(17)5-9-7-15-8-9/h3-4,6,9,15H,2,5,7-8H2,1H3. The molecule has 1 saturated heterocycles. The number of nitrogens with one attached hydrogen (secondary N) is 1. The zero-order valence-corrected chi connectivity index (χ0v) is 10.7. The minimum atomic E-state index is 0.743. The second-order valence-electron chi connectivity index (χ2n) is 4.63. The van der Waals surface area contributed by atoms with Crippen LogP contribution in [0, 0.1) is 5.92 Å². The third kappa shape index (κ3) is 1.94. The van der Waals surface area contributed by atoms with Crippen molar-refractivity contribution in [2.45, 2.75) is 19.9 Å². The van der Waals surface area contributed by atoms with E-state index >= 15 is 0 Å². The quantitative estimate of drug-likeness (QED) is 0.906. The summed E-state index contributed by atoms with van der Waals surface area (Å²) in [6, 6.07) is 5.95. The van der Waals surface area contributed by atoms with Crippen LogP contribution in [-0.2, 0) is 13.0 Å². The minimum Gasteiger partial charge on any atom is -0.328 e. The predicted molar refractivity (Wildman–Crippen MR) is 70.5 cm³/mol. The number of benzene rings is 1. The van der Waals surface area contributed by atoms with Gasteiger partial charge in [-0.2, -0.15) is 0 Å². The van der Waals surface area contributed by atoms with Crippen molar-refractivity contribution in [2.24, 2.45) is 5.92 Å². The van der Waals surface area contributed by atoms with Gasteiger partial charge in [0, 0.05) is 18.0 Å². The van der Waals surface area contributed by atoms with Crippen molar-refractivity contribution in [3.63, 3.8) is 0 Å². The van der Waals surface area contributed by atoms with Gasteiger partial charge in [0.1, 0.15) is 5.82 Å². The number of imidazole rings is 1. The fraction of sp³-hybridized carbons (Fsp3) is 0.462. The van der Waals surface area contributed by atoms with Crippen LogP contribution in [0.5, 0.6) is 0 Å². The summed E-state index contributed by atoms with van der Waals surface area (Å²) in [5, 5.41) is 4.06. The maximum atomic E-state index is 6.01. The first kappa shape index (κ1) is 11.1. The van der Waals surface area contributed by atoms with E-state index in [0.717, 1.165) is 42.5 Å². The molecule has 0 amide bonds. The molecule has 4 heteroatoms.